The van der Waals surface area contributed by atoms with Gasteiger partial charge < -0.3 is 4.74 Å². The van der Waals surface area contributed by atoms with Crippen LogP contribution >= 0.6 is 0 Å². The Morgan fingerprint density at radius 3 is 2.75 bits per heavy atom. The molecule has 2 aliphatic rings. The third kappa shape index (κ3) is 2.16. The summed E-state index contributed by atoms with van der Waals surface area (Å²) in [6.45, 7) is 2.12. The lowest BCUT2D eigenvalue weighted by Crippen LogP contribution is -2.50. The van der Waals surface area contributed by atoms with Gasteiger partial charge in [-0.05, 0) is 18.6 Å². The van der Waals surface area contributed by atoms with Crippen molar-refractivity contribution in [2.75, 3.05) is 14.2 Å². The number of hydrogen-bond donors (Lipinski definition) is 0. The monoisotopic (exact) mass is 279 g/mol. The fourth-order valence-electron chi connectivity index (χ4n) is 3.16. The molecule has 0 N–H and O–H groups in total. The summed E-state index contributed by atoms with van der Waals surface area (Å²) < 4.78 is 5.41. The maximum atomic E-state index is 12.2. The van der Waals surface area contributed by atoms with Gasteiger partial charge in [0.1, 0.15) is 11.3 Å². The van der Waals surface area contributed by atoms with Crippen LogP contribution in [-0.2, 0) is 19.2 Å². The highest BCUT2D eigenvalue weighted by atomic mass is 16.7. The van der Waals surface area contributed by atoms with Crippen molar-refractivity contribution in [3.63, 3.8) is 0 Å². The second-order valence-corrected chi connectivity index (χ2v) is 5.19. The molecule has 0 radical (unpaired) electrons. The van der Waals surface area contributed by atoms with Crippen molar-refractivity contribution in [3.05, 3.63) is 24.0 Å². The van der Waals surface area contributed by atoms with E-state index in [1.807, 2.05) is 0 Å². The molecule has 1 spiro atoms. The molecule has 5 heteroatoms. The van der Waals surface area contributed by atoms with Gasteiger partial charge in [-0.25, -0.2) is 5.06 Å². The van der Waals surface area contributed by atoms with Crippen LogP contribution in [0.3, 0.4) is 0 Å². The molecule has 110 valence electrons. The Bertz CT molecular complexity index is 468. The Kier molecular flexibility index (Phi) is 4.28. The maximum absolute atomic E-state index is 12.2. The largest absolute Gasteiger partial charge is 0.498 e. The van der Waals surface area contributed by atoms with Crippen LogP contribution in [0.2, 0.25) is 0 Å². The lowest BCUT2D eigenvalue weighted by Gasteiger charge is -2.40. The first-order valence-electron chi connectivity index (χ1n) is 6.96. The zero-order chi connectivity index (χ0) is 14.8. The van der Waals surface area contributed by atoms with Gasteiger partial charge in [-0.3, -0.25) is 14.4 Å². The molecule has 1 amide bonds. The van der Waals surface area contributed by atoms with Crippen LogP contribution in [0.25, 0.3) is 0 Å². The predicted octanol–water partition coefficient (Wildman–Crippen LogP) is 1.99. The van der Waals surface area contributed by atoms with E-state index in [1.54, 1.807) is 6.08 Å². The van der Waals surface area contributed by atoms with Crippen molar-refractivity contribution >= 4 is 11.7 Å². The van der Waals surface area contributed by atoms with E-state index in [4.69, 9.17) is 9.57 Å². The first-order chi connectivity index (χ1) is 9.59. The molecular formula is C15H21NO4. The molecular weight excluding hydrogens is 258 g/mol. The number of carbonyl (C=O) groups excluding carboxylic acids is 2. The summed E-state index contributed by atoms with van der Waals surface area (Å²) in [6, 6.07) is 0. The lowest BCUT2D eigenvalue weighted by atomic mass is 9.77. The van der Waals surface area contributed by atoms with Crippen molar-refractivity contribution in [2.45, 2.75) is 38.1 Å². The number of allylic oxidation sites excluding steroid dienone is 2. The molecule has 2 atom stereocenters. The Morgan fingerprint density at radius 2 is 2.15 bits per heavy atom. The van der Waals surface area contributed by atoms with Crippen molar-refractivity contribution < 1.29 is 19.2 Å². The molecule has 1 aliphatic heterocycles. The number of ether oxygens (including phenoxy) is 1. The number of amides is 1. The summed E-state index contributed by atoms with van der Waals surface area (Å²) in [5.41, 5.74) is -0.774. The first kappa shape index (κ1) is 14.8. The van der Waals surface area contributed by atoms with Crippen LogP contribution in [0.15, 0.2) is 24.0 Å². The SMILES string of the molecule is CCCC[C@@H]1CC(=O)N(OC)[C@@]12C=CC(=O)C=C2OC. The topological polar surface area (TPSA) is 55.8 Å². The van der Waals surface area contributed by atoms with Crippen LogP contribution in [0, 0.1) is 5.92 Å². The van der Waals surface area contributed by atoms with E-state index in [2.05, 4.69) is 6.92 Å². The second kappa shape index (κ2) is 5.79. The smallest absolute Gasteiger partial charge is 0.247 e. The van der Waals surface area contributed by atoms with Gasteiger partial charge in [-0.1, -0.05) is 19.8 Å². The van der Waals surface area contributed by atoms with Crippen molar-refractivity contribution in [1.29, 1.82) is 0 Å². The van der Waals surface area contributed by atoms with Crippen LogP contribution in [0.4, 0.5) is 0 Å². The second-order valence-electron chi connectivity index (χ2n) is 5.19. The average Bonchev–Trinajstić information content (AvgIpc) is 2.71. The highest BCUT2D eigenvalue weighted by Gasteiger charge is 2.56. The van der Waals surface area contributed by atoms with Gasteiger partial charge in [0, 0.05) is 18.4 Å². The Hall–Kier alpha value is -1.62. The molecule has 1 saturated heterocycles. The van der Waals surface area contributed by atoms with Gasteiger partial charge in [0.05, 0.1) is 14.2 Å². The molecule has 2 rings (SSSR count). The van der Waals surface area contributed by atoms with E-state index in [0.29, 0.717) is 12.2 Å². The number of hydrogen-bond acceptors (Lipinski definition) is 4. The van der Waals surface area contributed by atoms with Crippen LogP contribution in [0.5, 0.6) is 0 Å². The van der Waals surface area contributed by atoms with Crippen LogP contribution < -0.4 is 0 Å². The van der Waals surface area contributed by atoms with E-state index >= 15 is 0 Å². The van der Waals surface area contributed by atoms with Crippen LogP contribution in [-0.4, -0.2) is 36.5 Å². The summed E-state index contributed by atoms with van der Waals surface area (Å²) in [5.74, 6) is 0.344. The van der Waals surface area contributed by atoms with Gasteiger partial charge in [0.15, 0.2) is 5.78 Å². The zero-order valence-electron chi connectivity index (χ0n) is 12.2. The lowest BCUT2D eigenvalue weighted by molar-refractivity contribution is -0.190. The Labute approximate surface area is 119 Å². The number of rotatable bonds is 5. The quantitative estimate of drug-likeness (QED) is 0.772. The molecule has 1 heterocycles. The number of ketones is 1. The highest BCUT2D eigenvalue weighted by molar-refractivity contribution is 6.01. The normalized spacial score (nSPS) is 29.2. The summed E-state index contributed by atoms with van der Waals surface area (Å²) in [6.07, 6.45) is 8.07. The van der Waals surface area contributed by atoms with Gasteiger partial charge in [0.2, 0.25) is 5.91 Å². The van der Waals surface area contributed by atoms with Gasteiger partial charge in [0.25, 0.3) is 0 Å². The first-order valence-corrected chi connectivity index (χ1v) is 6.96. The van der Waals surface area contributed by atoms with Crippen molar-refractivity contribution in [2.24, 2.45) is 5.92 Å². The molecule has 0 saturated carbocycles. The summed E-state index contributed by atoms with van der Waals surface area (Å²) in [4.78, 5) is 29.1. The van der Waals surface area contributed by atoms with E-state index in [9.17, 15) is 9.59 Å². The number of carbonyl (C=O) groups is 2. The number of hydroxylamine groups is 2. The van der Waals surface area contributed by atoms with Crippen molar-refractivity contribution in [1.82, 2.24) is 5.06 Å². The minimum atomic E-state index is -0.774. The van der Waals surface area contributed by atoms with E-state index in [-0.39, 0.29) is 17.6 Å². The maximum Gasteiger partial charge on any atom is 0.247 e. The fourth-order valence-corrected chi connectivity index (χ4v) is 3.16. The summed E-state index contributed by atoms with van der Waals surface area (Å²) in [7, 11) is 2.99. The zero-order valence-corrected chi connectivity index (χ0v) is 12.2. The molecule has 20 heavy (non-hydrogen) atoms. The molecule has 0 unspecified atom stereocenters. The molecule has 1 fully saturated rings. The van der Waals surface area contributed by atoms with Crippen LogP contribution in [0.1, 0.15) is 32.6 Å². The molecule has 0 aromatic rings. The van der Waals surface area contributed by atoms with E-state index in [1.165, 1.54) is 31.4 Å². The molecule has 0 aromatic carbocycles. The molecule has 0 aromatic heterocycles. The van der Waals surface area contributed by atoms with E-state index in [0.717, 1.165) is 19.3 Å². The van der Waals surface area contributed by atoms with Crippen molar-refractivity contribution in [3.8, 4) is 0 Å². The molecule has 1 aliphatic carbocycles. The standard InChI is InChI=1S/C15H21NO4/c1-4-5-6-11-9-14(18)16(20-3)15(11)8-7-12(17)10-13(15)19-2/h7-8,10-11H,4-6,9H2,1-3H3/t11-,15+/m1/s1. The Balaban J connectivity index is 2.44. The van der Waals surface area contributed by atoms with E-state index < -0.39 is 5.54 Å². The third-order valence-corrected chi connectivity index (χ3v) is 4.08. The number of unbranched alkanes of at least 4 members (excludes halogenated alkanes) is 1. The summed E-state index contributed by atoms with van der Waals surface area (Å²) >= 11 is 0. The number of methoxy groups -OCH3 is 1. The van der Waals surface area contributed by atoms with Gasteiger partial charge in [-0.2, -0.15) is 0 Å². The van der Waals surface area contributed by atoms with Gasteiger partial charge >= 0.3 is 0 Å². The van der Waals surface area contributed by atoms with Gasteiger partial charge in [-0.15, -0.1) is 0 Å². The minimum absolute atomic E-state index is 0.0606. The summed E-state index contributed by atoms with van der Waals surface area (Å²) in [5, 5.41) is 1.35. The molecule has 0 bridgehead atoms. The Morgan fingerprint density at radius 1 is 1.40 bits per heavy atom. The molecule has 5 nitrogen and oxygen atoms in total. The number of nitrogens with zero attached hydrogens (tertiary/aromatic N) is 1. The third-order valence-electron chi connectivity index (χ3n) is 4.08. The fraction of sp³-hybridized carbons (Fsp3) is 0.600. The predicted molar refractivity (Wildman–Crippen MR) is 73.5 cm³/mol. The minimum Gasteiger partial charge on any atom is -0.498 e. The highest BCUT2D eigenvalue weighted by Crippen LogP contribution is 2.46. The average molecular weight is 279 g/mol.